The molecule has 0 aliphatic rings. The minimum Gasteiger partial charge on any atom is -0.353 e. The highest BCUT2D eigenvalue weighted by molar-refractivity contribution is 7.98. The molecule has 0 radical (unpaired) electrons. The Balaban J connectivity index is 2.41. The van der Waals surface area contributed by atoms with E-state index in [1.54, 1.807) is 11.8 Å². The topological polar surface area (TPSA) is 55.1 Å². The van der Waals surface area contributed by atoms with Crippen LogP contribution in [0.15, 0.2) is 30.3 Å². The maximum absolute atomic E-state index is 11.7. The van der Waals surface area contributed by atoms with Gasteiger partial charge in [0.15, 0.2) is 0 Å². The molecule has 0 aliphatic heterocycles. The Labute approximate surface area is 107 Å². The number of benzene rings is 1. The first-order chi connectivity index (χ1) is 8.13. The highest BCUT2D eigenvalue weighted by Gasteiger charge is 2.12. The van der Waals surface area contributed by atoms with Crippen molar-refractivity contribution < 1.29 is 4.79 Å². The van der Waals surface area contributed by atoms with Crippen LogP contribution in [-0.2, 0) is 4.79 Å². The SMILES string of the molecule is CSCC(C)NC(=O)CC(N)c1ccccc1. The first kappa shape index (κ1) is 14.1. The summed E-state index contributed by atoms with van der Waals surface area (Å²) in [7, 11) is 0. The molecule has 0 heterocycles. The molecule has 1 aromatic carbocycles. The van der Waals surface area contributed by atoms with Gasteiger partial charge in [0.25, 0.3) is 0 Å². The third kappa shape index (κ3) is 5.24. The van der Waals surface area contributed by atoms with Crippen LogP contribution in [0.3, 0.4) is 0 Å². The fourth-order valence-corrected chi connectivity index (χ4v) is 2.23. The number of rotatable bonds is 6. The third-order valence-corrected chi connectivity index (χ3v) is 3.29. The van der Waals surface area contributed by atoms with E-state index in [2.05, 4.69) is 5.32 Å². The summed E-state index contributed by atoms with van der Waals surface area (Å²) in [5.41, 5.74) is 6.98. The van der Waals surface area contributed by atoms with Gasteiger partial charge in [0, 0.05) is 24.3 Å². The Morgan fingerprint density at radius 2 is 2.06 bits per heavy atom. The van der Waals surface area contributed by atoms with Crippen LogP contribution in [0.1, 0.15) is 24.9 Å². The normalized spacial score (nSPS) is 14.1. The van der Waals surface area contributed by atoms with Crippen molar-refractivity contribution in [2.45, 2.75) is 25.4 Å². The van der Waals surface area contributed by atoms with Crippen molar-refractivity contribution in [3.05, 3.63) is 35.9 Å². The number of carbonyl (C=O) groups excluding carboxylic acids is 1. The summed E-state index contributed by atoms with van der Waals surface area (Å²) < 4.78 is 0. The Hall–Kier alpha value is -1.00. The summed E-state index contributed by atoms with van der Waals surface area (Å²) in [6, 6.07) is 9.68. The van der Waals surface area contributed by atoms with Gasteiger partial charge in [-0.05, 0) is 18.7 Å². The smallest absolute Gasteiger partial charge is 0.222 e. The van der Waals surface area contributed by atoms with Crippen LogP contribution in [0, 0.1) is 0 Å². The maximum Gasteiger partial charge on any atom is 0.222 e. The molecule has 4 heteroatoms. The van der Waals surface area contributed by atoms with E-state index in [1.165, 1.54) is 0 Å². The second-order valence-corrected chi connectivity index (χ2v) is 5.06. The molecule has 2 atom stereocenters. The van der Waals surface area contributed by atoms with Crippen molar-refractivity contribution in [3.8, 4) is 0 Å². The number of amides is 1. The highest BCUT2D eigenvalue weighted by atomic mass is 32.2. The molecule has 0 saturated heterocycles. The molecule has 3 N–H and O–H groups in total. The third-order valence-electron chi connectivity index (χ3n) is 2.46. The molecule has 0 saturated carbocycles. The molecule has 3 nitrogen and oxygen atoms in total. The van der Waals surface area contributed by atoms with Gasteiger partial charge in [0.2, 0.25) is 5.91 Å². The molecule has 0 aliphatic carbocycles. The zero-order valence-corrected chi connectivity index (χ0v) is 11.2. The van der Waals surface area contributed by atoms with Crippen LogP contribution in [0.25, 0.3) is 0 Å². The average Bonchev–Trinajstić information content (AvgIpc) is 2.30. The van der Waals surface area contributed by atoms with Crippen molar-refractivity contribution in [2.75, 3.05) is 12.0 Å². The lowest BCUT2D eigenvalue weighted by atomic mass is 10.0. The van der Waals surface area contributed by atoms with E-state index in [4.69, 9.17) is 5.73 Å². The monoisotopic (exact) mass is 252 g/mol. The molecular formula is C13H20N2OS. The largest absolute Gasteiger partial charge is 0.353 e. The lowest BCUT2D eigenvalue weighted by Crippen LogP contribution is -2.35. The zero-order valence-electron chi connectivity index (χ0n) is 10.3. The number of carbonyl (C=O) groups is 1. The Morgan fingerprint density at radius 3 is 2.65 bits per heavy atom. The van der Waals surface area contributed by atoms with Crippen molar-refractivity contribution in [3.63, 3.8) is 0 Å². The summed E-state index contributed by atoms with van der Waals surface area (Å²) in [5, 5.41) is 2.94. The molecular weight excluding hydrogens is 232 g/mol. The van der Waals surface area contributed by atoms with E-state index in [0.717, 1.165) is 11.3 Å². The van der Waals surface area contributed by atoms with Crippen LogP contribution in [0.2, 0.25) is 0 Å². The van der Waals surface area contributed by atoms with Gasteiger partial charge >= 0.3 is 0 Å². The van der Waals surface area contributed by atoms with Gasteiger partial charge in [-0.15, -0.1) is 0 Å². The summed E-state index contributed by atoms with van der Waals surface area (Å²) in [6.45, 7) is 2.00. The van der Waals surface area contributed by atoms with Crippen LogP contribution in [0.4, 0.5) is 0 Å². The molecule has 17 heavy (non-hydrogen) atoms. The number of nitrogens with two attached hydrogens (primary N) is 1. The molecule has 1 rings (SSSR count). The van der Waals surface area contributed by atoms with Crippen LogP contribution < -0.4 is 11.1 Å². The average molecular weight is 252 g/mol. The molecule has 1 aromatic rings. The summed E-state index contributed by atoms with van der Waals surface area (Å²) in [6.07, 6.45) is 2.36. The molecule has 94 valence electrons. The van der Waals surface area contributed by atoms with Crippen molar-refractivity contribution in [2.24, 2.45) is 5.73 Å². The van der Waals surface area contributed by atoms with E-state index in [-0.39, 0.29) is 18.0 Å². The second-order valence-electron chi connectivity index (χ2n) is 4.15. The zero-order chi connectivity index (χ0) is 12.7. The number of thioether (sulfide) groups is 1. The fourth-order valence-electron chi connectivity index (χ4n) is 1.64. The van der Waals surface area contributed by atoms with Crippen LogP contribution in [-0.4, -0.2) is 24.0 Å². The predicted molar refractivity (Wildman–Crippen MR) is 74.0 cm³/mol. The maximum atomic E-state index is 11.7. The van der Waals surface area contributed by atoms with Crippen LogP contribution >= 0.6 is 11.8 Å². The minimum absolute atomic E-state index is 0.0166. The second kappa shape index (κ2) is 7.35. The minimum atomic E-state index is -0.224. The Kier molecular flexibility index (Phi) is 6.08. The molecule has 0 fully saturated rings. The lowest BCUT2D eigenvalue weighted by Gasteiger charge is -2.15. The summed E-state index contributed by atoms with van der Waals surface area (Å²) >= 11 is 1.72. The molecule has 0 spiro atoms. The van der Waals surface area contributed by atoms with E-state index in [9.17, 15) is 4.79 Å². The standard InChI is InChI=1S/C13H20N2OS/c1-10(9-17-2)15-13(16)8-12(14)11-6-4-3-5-7-11/h3-7,10,12H,8-9,14H2,1-2H3,(H,15,16). The molecule has 0 bridgehead atoms. The highest BCUT2D eigenvalue weighted by Crippen LogP contribution is 2.13. The molecule has 1 amide bonds. The number of hydrogen-bond donors (Lipinski definition) is 2. The number of nitrogens with one attached hydrogen (secondary N) is 1. The van der Waals surface area contributed by atoms with Crippen LogP contribution in [0.5, 0.6) is 0 Å². The van der Waals surface area contributed by atoms with Crippen molar-refractivity contribution >= 4 is 17.7 Å². The lowest BCUT2D eigenvalue weighted by molar-refractivity contribution is -0.121. The molecule has 0 aromatic heterocycles. The summed E-state index contributed by atoms with van der Waals surface area (Å²) in [5.74, 6) is 0.940. The van der Waals surface area contributed by atoms with Gasteiger partial charge in [-0.2, -0.15) is 11.8 Å². The van der Waals surface area contributed by atoms with Gasteiger partial charge in [-0.25, -0.2) is 0 Å². The van der Waals surface area contributed by atoms with E-state index in [0.29, 0.717) is 6.42 Å². The van der Waals surface area contributed by atoms with Gasteiger partial charge in [0.1, 0.15) is 0 Å². The Morgan fingerprint density at radius 1 is 1.41 bits per heavy atom. The first-order valence-electron chi connectivity index (χ1n) is 5.72. The van der Waals surface area contributed by atoms with E-state index in [1.807, 2.05) is 43.5 Å². The quantitative estimate of drug-likeness (QED) is 0.813. The van der Waals surface area contributed by atoms with E-state index >= 15 is 0 Å². The number of hydrogen-bond acceptors (Lipinski definition) is 3. The van der Waals surface area contributed by atoms with E-state index < -0.39 is 0 Å². The van der Waals surface area contributed by atoms with Gasteiger partial charge in [0.05, 0.1) is 0 Å². The Bertz CT molecular complexity index is 343. The predicted octanol–water partition coefficient (Wildman–Crippen LogP) is 1.94. The first-order valence-corrected chi connectivity index (χ1v) is 7.11. The van der Waals surface area contributed by atoms with Gasteiger partial charge < -0.3 is 11.1 Å². The van der Waals surface area contributed by atoms with Gasteiger partial charge in [-0.1, -0.05) is 30.3 Å². The van der Waals surface area contributed by atoms with Crippen molar-refractivity contribution in [1.82, 2.24) is 5.32 Å². The summed E-state index contributed by atoms with van der Waals surface area (Å²) in [4.78, 5) is 11.7. The molecule has 2 unspecified atom stereocenters. The van der Waals surface area contributed by atoms with Gasteiger partial charge in [-0.3, -0.25) is 4.79 Å². The van der Waals surface area contributed by atoms with Crippen molar-refractivity contribution in [1.29, 1.82) is 0 Å². The fraction of sp³-hybridized carbons (Fsp3) is 0.462.